The summed E-state index contributed by atoms with van der Waals surface area (Å²) < 4.78 is 53.8. The maximum atomic E-state index is 13.4. The molecule has 0 aliphatic carbocycles. The van der Waals surface area contributed by atoms with Gasteiger partial charge in [-0.15, -0.1) is 0 Å². The Bertz CT molecular complexity index is 652. The lowest BCUT2D eigenvalue weighted by atomic mass is 9.87. The summed E-state index contributed by atoms with van der Waals surface area (Å²) in [5.74, 6) is -2.19. The minimum absolute atomic E-state index is 0.189. The van der Waals surface area contributed by atoms with Gasteiger partial charge < -0.3 is 10.6 Å². The first-order chi connectivity index (χ1) is 10.5. The first-order valence-electron chi connectivity index (χ1n) is 7.35. The summed E-state index contributed by atoms with van der Waals surface area (Å²) in [6, 6.07) is 2.76. The van der Waals surface area contributed by atoms with Crippen LogP contribution in [-0.2, 0) is 10.0 Å². The maximum absolute atomic E-state index is 13.4. The second-order valence-electron chi connectivity index (χ2n) is 5.80. The van der Waals surface area contributed by atoms with Gasteiger partial charge in [-0.3, -0.25) is 0 Å². The van der Waals surface area contributed by atoms with Gasteiger partial charge in [0.25, 0.3) is 0 Å². The number of halogens is 2. The molecule has 8 heteroatoms. The van der Waals surface area contributed by atoms with E-state index in [2.05, 4.69) is 10.6 Å². The quantitative estimate of drug-likeness (QED) is 0.837. The van der Waals surface area contributed by atoms with Gasteiger partial charge in [0.05, 0.1) is 10.4 Å². The summed E-state index contributed by atoms with van der Waals surface area (Å²) in [6.45, 7) is 2.95. The summed E-state index contributed by atoms with van der Waals surface area (Å²) >= 11 is 0. The minimum Gasteiger partial charge on any atom is -0.317 e. The number of benzene rings is 1. The predicted molar refractivity (Wildman–Crippen MR) is 78.0 cm³/mol. The Morgan fingerprint density at radius 1 is 1.05 bits per heavy atom. The van der Waals surface area contributed by atoms with Crippen molar-refractivity contribution < 1.29 is 17.2 Å². The number of nitrogens with zero attached hydrogens (tertiary/aromatic N) is 1. The molecule has 2 aliphatic rings. The van der Waals surface area contributed by atoms with Crippen molar-refractivity contribution in [3.63, 3.8) is 0 Å². The van der Waals surface area contributed by atoms with Gasteiger partial charge in [0.2, 0.25) is 10.0 Å². The number of hydrogen-bond donors (Lipinski definition) is 2. The zero-order chi connectivity index (χ0) is 15.8. The monoisotopic (exact) mass is 331 g/mol. The normalized spacial score (nSPS) is 22.8. The SMILES string of the molecule is O=S(=O)(c1ccc(F)c(F)c1)N1CCNCC12CCNCC2. The second-order valence-corrected chi connectivity index (χ2v) is 7.67. The van der Waals surface area contributed by atoms with Crippen LogP contribution in [0.5, 0.6) is 0 Å². The molecule has 0 unspecified atom stereocenters. The van der Waals surface area contributed by atoms with Crippen molar-refractivity contribution in [3.05, 3.63) is 29.8 Å². The van der Waals surface area contributed by atoms with Gasteiger partial charge in [-0.05, 0) is 44.1 Å². The zero-order valence-electron chi connectivity index (χ0n) is 12.1. The topological polar surface area (TPSA) is 61.4 Å². The Hall–Kier alpha value is -1.09. The molecule has 2 heterocycles. The molecule has 5 nitrogen and oxygen atoms in total. The fourth-order valence-corrected chi connectivity index (χ4v) is 5.12. The minimum atomic E-state index is -3.85. The van der Waals surface area contributed by atoms with Gasteiger partial charge in [-0.1, -0.05) is 0 Å². The van der Waals surface area contributed by atoms with Gasteiger partial charge in [0.15, 0.2) is 11.6 Å². The van der Waals surface area contributed by atoms with Crippen LogP contribution in [0, 0.1) is 11.6 Å². The van der Waals surface area contributed by atoms with Crippen molar-refractivity contribution >= 4 is 10.0 Å². The van der Waals surface area contributed by atoms with E-state index >= 15 is 0 Å². The molecule has 0 amide bonds. The maximum Gasteiger partial charge on any atom is 0.243 e. The number of sulfonamides is 1. The van der Waals surface area contributed by atoms with Crippen LogP contribution in [0.3, 0.4) is 0 Å². The highest BCUT2D eigenvalue weighted by Gasteiger charge is 2.46. The van der Waals surface area contributed by atoms with Gasteiger partial charge in [-0.25, -0.2) is 17.2 Å². The zero-order valence-corrected chi connectivity index (χ0v) is 12.9. The van der Waals surface area contributed by atoms with Crippen molar-refractivity contribution in [2.75, 3.05) is 32.7 Å². The van der Waals surface area contributed by atoms with Crippen LogP contribution in [0.4, 0.5) is 8.78 Å². The predicted octanol–water partition coefficient (Wildman–Crippen LogP) is 0.681. The van der Waals surface area contributed by atoms with Crippen molar-refractivity contribution in [1.29, 1.82) is 0 Å². The van der Waals surface area contributed by atoms with Crippen LogP contribution >= 0.6 is 0 Å². The van der Waals surface area contributed by atoms with Crippen LogP contribution < -0.4 is 10.6 Å². The third kappa shape index (κ3) is 2.64. The molecule has 0 radical (unpaired) electrons. The molecule has 22 heavy (non-hydrogen) atoms. The highest BCUT2D eigenvalue weighted by atomic mass is 32.2. The van der Waals surface area contributed by atoms with E-state index in [1.54, 1.807) is 0 Å². The second kappa shape index (κ2) is 5.84. The Labute approximate surface area is 128 Å². The first-order valence-corrected chi connectivity index (χ1v) is 8.79. The molecule has 2 aliphatic heterocycles. The molecule has 2 N–H and O–H groups in total. The van der Waals surface area contributed by atoms with E-state index in [-0.39, 0.29) is 4.90 Å². The molecule has 0 aromatic heterocycles. The largest absolute Gasteiger partial charge is 0.317 e. The number of rotatable bonds is 2. The van der Waals surface area contributed by atoms with Crippen LogP contribution in [0.25, 0.3) is 0 Å². The third-order valence-corrected chi connectivity index (χ3v) is 6.49. The number of piperidine rings is 1. The molecule has 2 saturated heterocycles. The molecule has 122 valence electrons. The number of piperazine rings is 1. The summed E-state index contributed by atoms with van der Waals surface area (Å²) in [5.41, 5.74) is -0.493. The van der Waals surface area contributed by atoms with Gasteiger partial charge in [0, 0.05) is 19.6 Å². The van der Waals surface area contributed by atoms with E-state index < -0.39 is 27.2 Å². The van der Waals surface area contributed by atoms with Crippen molar-refractivity contribution in [3.8, 4) is 0 Å². The van der Waals surface area contributed by atoms with Gasteiger partial charge in [0.1, 0.15) is 0 Å². The average molecular weight is 331 g/mol. The van der Waals surface area contributed by atoms with E-state index in [0.29, 0.717) is 32.5 Å². The van der Waals surface area contributed by atoms with Crippen molar-refractivity contribution in [2.45, 2.75) is 23.3 Å². The third-order valence-electron chi connectivity index (χ3n) is 4.49. The van der Waals surface area contributed by atoms with Crippen LogP contribution in [0.1, 0.15) is 12.8 Å². The standard InChI is InChI=1S/C14H19F2N3O2S/c15-12-2-1-11(9-13(12)16)22(20,21)19-8-7-18-10-14(19)3-5-17-6-4-14/h1-2,9,17-18H,3-8,10H2. The fraction of sp³-hybridized carbons (Fsp3) is 0.571. The lowest BCUT2D eigenvalue weighted by Crippen LogP contribution is -2.65. The van der Waals surface area contributed by atoms with E-state index in [1.807, 2.05) is 0 Å². The van der Waals surface area contributed by atoms with Crippen molar-refractivity contribution in [1.82, 2.24) is 14.9 Å². The fourth-order valence-electron chi connectivity index (χ4n) is 3.28. The lowest BCUT2D eigenvalue weighted by molar-refractivity contribution is 0.108. The number of hydrogen-bond acceptors (Lipinski definition) is 4. The molecule has 1 aromatic rings. The van der Waals surface area contributed by atoms with E-state index in [0.717, 1.165) is 31.3 Å². The molecule has 1 aromatic carbocycles. The van der Waals surface area contributed by atoms with Gasteiger partial charge >= 0.3 is 0 Å². The Morgan fingerprint density at radius 3 is 2.45 bits per heavy atom. The summed E-state index contributed by atoms with van der Waals surface area (Å²) in [5, 5.41) is 6.48. The lowest BCUT2D eigenvalue weighted by Gasteiger charge is -2.48. The summed E-state index contributed by atoms with van der Waals surface area (Å²) in [6.07, 6.45) is 1.39. The molecule has 2 fully saturated rings. The Kier molecular flexibility index (Phi) is 4.19. The molecule has 0 atom stereocenters. The summed E-state index contributed by atoms with van der Waals surface area (Å²) in [7, 11) is -3.85. The first kappa shape index (κ1) is 15.8. The highest BCUT2D eigenvalue weighted by Crippen LogP contribution is 2.33. The Balaban J connectivity index is 2.00. The number of nitrogens with one attached hydrogen (secondary N) is 2. The van der Waals surface area contributed by atoms with Crippen LogP contribution in [-0.4, -0.2) is 51.0 Å². The molecule has 3 rings (SSSR count). The molecular weight excluding hydrogens is 312 g/mol. The van der Waals surface area contributed by atoms with Crippen molar-refractivity contribution in [2.24, 2.45) is 0 Å². The van der Waals surface area contributed by atoms with E-state index in [4.69, 9.17) is 0 Å². The molecule has 1 spiro atoms. The molecule has 0 bridgehead atoms. The smallest absolute Gasteiger partial charge is 0.243 e. The average Bonchev–Trinajstić information content (AvgIpc) is 2.51. The van der Waals surface area contributed by atoms with E-state index in [9.17, 15) is 17.2 Å². The van der Waals surface area contributed by atoms with Gasteiger partial charge in [-0.2, -0.15) is 4.31 Å². The molecular formula is C14H19F2N3O2S. The summed E-state index contributed by atoms with van der Waals surface area (Å²) in [4.78, 5) is -0.189. The molecule has 0 saturated carbocycles. The highest BCUT2D eigenvalue weighted by molar-refractivity contribution is 7.89. The Morgan fingerprint density at radius 2 is 1.77 bits per heavy atom. The van der Waals surface area contributed by atoms with Crippen LogP contribution in [0.15, 0.2) is 23.1 Å². The van der Waals surface area contributed by atoms with E-state index in [1.165, 1.54) is 4.31 Å². The van der Waals surface area contributed by atoms with Crippen LogP contribution in [0.2, 0.25) is 0 Å².